The molecule has 0 N–H and O–H groups in total. The van der Waals surface area contributed by atoms with Gasteiger partial charge in [-0.3, -0.25) is 4.79 Å². The van der Waals surface area contributed by atoms with Crippen molar-refractivity contribution in [1.82, 2.24) is 19.7 Å². The van der Waals surface area contributed by atoms with E-state index in [1.54, 1.807) is 4.90 Å². The fourth-order valence-electron chi connectivity index (χ4n) is 3.22. The molecule has 0 spiro atoms. The molecule has 2 aromatic carbocycles. The van der Waals surface area contributed by atoms with E-state index in [1.165, 1.54) is 17.3 Å². The smallest absolute Gasteiger partial charge is 0.233 e. The number of rotatable bonds is 8. The molecule has 0 aliphatic rings. The van der Waals surface area contributed by atoms with Crippen molar-refractivity contribution in [3.05, 3.63) is 65.7 Å². The second kappa shape index (κ2) is 9.74. The van der Waals surface area contributed by atoms with Crippen LogP contribution in [0.2, 0.25) is 0 Å². The van der Waals surface area contributed by atoms with E-state index in [0.29, 0.717) is 5.75 Å². The van der Waals surface area contributed by atoms with Crippen LogP contribution in [0, 0.1) is 6.92 Å². The van der Waals surface area contributed by atoms with Crippen LogP contribution in [0.5, 0.6) is 0 Å². The molecule has 0 saturated heterocycles. The zero-order chi connectivity index (χ0) is 20.8. The minimum absolute atomic E-state index is 0.0284. The molecule has 3 aromatic rings. The molecule has 152 valence electrons. The third-order valence-electron chi connectivity index (χ3n) is 5.02. The molecule has 3 rings (SSSR count). The Balaban J connectivity index is 1.72. The number of amides is 1. The molecule has 1 heterocycles. The normalized spacial score (nSPS) is 12.0. The van der Waals surface area contributed by atoms with Crippen molar-refractivity contribution < 1.29 is 4.79 Å². The largest absolute Gasteiger partial charge is 0.338 e. The van der Waals surface area contributed by atoms with E-state index in [9.17, 15) is 4.79 Å². The van der Waals surface area contributed by atoms with Crippen molar-refractivity contribution >= 4 is 17.7 Å². The third-order valence-corrected chi connectivity index (χ3v) is 5.97. The maximum absolute atomic E-state index is 12.8. The average molecular weight is 409 g/mol. The minimum Gasteiger partial charge on any atom is -0.338 e. The Labute approximate surface area is 177 Å². The van der Waals surface area contributed by atoms with E-state index in [1.807, 2.05) is 50.4 Å². The van der Waals surface area contributed by atoms with Crippen LogP contribution in [0.3, 0.4) is 0 Å². The maximum atomic E-state index is 12.8. The molecular weight excluding hydrogens is 380 g/mol. The number of nitrogens with zero attached hydrogens (tertiary/aromatic N) is 4. The first-order chi connectivity index (χ1) is 14.0. The van der Waals surface area contributed by atoms with Gasteiger partial charge in [-0.1, -0.05) is 72.8 Å². The number of hydrogen-bond donors (Lipinski definition) is 0. The van der Waals surface area contributed by atoms with Crippen LogP contribution in [0.1, 0.15) is 37.4 Å². The lowest BCUT2D eigenvalue weighted by atomic mass is 10.1. The van der Waals surface area contributed by atoms with Gasteiger partial charge in [0.05, 0.1) is 11.8 Å². The van der Waals surface area contributed by atoms with Crippen LogP contribution >= 0.6 is 11.8 Å². The zero-order valence-electron chi connectivity index (χ0n) is 17.5. The number of thioether (sulfide) groups is 1. The monoisotopic (exact) mass is 408 g/mol. The third kappa shape index (κ3) is 5.07. The maximum Gasteiger partial charge on any atom is 0.233 e. The first kappa shape index (κ1) is 21.1. The first-order valence-electron chi connectivity index (χ1n) is 9.95. The van der Waals surface area contributed by atoms with Gasteiger partial charge in [0.25, 0.3) is 0 Å². The van der Waals surface area contributed by atoms with Crippen molar-refractivity contribution in [2.75, 3.05) is 12.8 Å². The van der Waals surface area contributed by atoms with Gasteiger partial charge in [-0.15, -0.1) is 10.2 Å². The van der Waals surface area contributed by atoms with Gasteiger partial charge in [-0.2, -0.15) is 0 Å². The van der Waals surface area contributed by atoms with Crippen LogP contribution in [0.25, 0.3) is 11.4 Å². The fraction of sp³-hybridized carbons (Fsp3) is 0.348. The molecule has 0 saturated carbocycles. The molecule has 0 radical (unpaired) electrons. The van der Waals surface area contributed by atoms with E-state index >= 15 is 0 Å². The second-order valence-corrected chi connectivity index (χ2v) is 8.15. The summed E-state index contributed by atoms with van der Waals surface area (Å²) in [5.74, 6) is 1.27. The molecule has 1 atom stereocenters. The summed E-state index contributed by atoms with van der Waals surface area (Å²) < 4.78 is 2.12. The molecule has 29 heavy (non-hydrogen) atoms. The molecule has 0 fully saturated rings. The molecule has 0 bridgehead atoms. The number of aryl methyl sites for hydroxylation is 1. The lowest BCUT2D eigenvalue weighted by Gasteiger charge is -2.25. The van der Waals surface area contributed by atoms with E-state index in [2.05, 4.69) is 46.8 Å². The van der Waals surface area contributed by atoms with Crippen molar-refractivity contribution in [2.24, 2.45) is 0 Å². The molecule has 6 heteroatoms. The Hall–Kier alpha value is -2.60. The van der Waals surface area contributed by atoms with Gasteiger partial charge in [0.15, 0.2) is 11.0 Å². The van der Waals surface area contributed by atoms with E-state index in [0.717, 1.165) is 35.1 Å². The predicted molar refractivity (Wildman–Crippen MR) is 119 cm³/mol. The van der Waals surface area contributed by atoms with E-state index < -0.39 is 0 Å². The number of carbonyl (C=O) groups is 1. The second-order valence-electron chi connectivity index (χ2n) is 7.21. The van der Waals surface area contributed by atoms with Crippen LogP contribution in [0.15, 0.2) is 59.8 Å². The quantitative estimate of drug-likeness (QED) is 0.494. The first-order valence-corrected chi connectivity index (χ1v) is 10.9. The summed E-state index contributed by atoms with van der Waals surface area (Å²) in [7, 11) is 1.86. The average Bonchev–Trinajstić information content (AvgIpc) is 3.14. The summed E-state index contributed by atoms with van der Waals surface area (Å²) in [5, 5.41) is 9.59. The van der Waals surface area contributed by atoms with Gasteiger partial charge in [-0.25, -0.2) is 0 Å². The summed E-state index contributed by atoms with van der Waals surface area (Å²) in [4.78, 5) is 14.6. The highest BCUT2D eigenvalue weighted by molar-refractivity contribution is 7.99. The standard InChI is InChI=1S/C23H28N4OS/c1-5-14-27-22(20-13-9-10-17(2)15-20)24-25-23(27)29-16-21(28)26(4)18(3)19-11-7-6-8-12-19/h6-13,15,18H,5,14,16H2,1-4H3. The summed E-state index contributed by atoms with van der Waals surface area (Å²) in [6.45, 7) is 7.08. The number of hydrogen-bond acceptors (Lipinski definition) is 4. The summed E-state index contributed by atoms with van der Waals surface area (Å²) in [5.41, 5.74) is 3.37. The Morgan fingerprint density at radius 2 is 1.90 bits per heavy atom. The molecule has 1 unspecified atom stereocenters. The number of benzene rings is 2. The van der Waals surface area contributed by atoms with Crippen molar-refractivity contribution in [3.8, 4) is 11.4 Å². The highest BCUT2D eigenvalue weighted by Crippen LogP contribution is 2.26. The SMILES string of the molecule is CCCn1c(SCC(=O)N(C)C(C)c2ccccc2)nnc1-c1cccc(C)c1. The lowest BCUT2D eigenvalue weighted by Crippen LogP contribution is -2.31. The Bertz CT molecular complexity index is 955. The summed E-state index contributed by atoms with van der Waals surface area (Å²) >= 11 is 1.45. The summed E-state index contributed by atoms with van der Waals surface area (Å²) in [6.07, 6.45) is 0.976. The highest BCUT2D eigenvalue weighted by atomic mass is 32.2. The molecule has 1 amide bonds. The molecule has 0 aliphatic heterocycles. The van der Waals surface area contributed by atoms with Crippen LogP contribution in [0.4, 0.5) is 0 Å². The van der Waals surface area contributed by atoms with Gasteiger partial charge in [-0.05, 0) is 31.9 Å². The Kier molecular flexibility index (Phi) is 7.09. The van der Waals surface area contributed by atoms with Crippen LogP contribution in [-0.2, 0) is 11.3 Å². The summed E-state index contributed by atoms with van der Waals surface area (Å²) in [6, 6.07) is 18.4. The molecular formula is C23H28N4OS. The van der Waals surface area contributed by atoms with E-state index in [-0.39, 0.29) is 11.9 Å². The highest BCUT2D eigenvalue weighted by Gasteiger charge is 2.20. The molecule has 5 nitrogen and oxygen atoms in total. The Morgan fingerprint density at radius 1 is 1.14 bits per heavy atom. The topological polar surface area (TPSA) is 51.0 Å². The van der Waals surface area contributed by atoms with Gasteiger partial charge < -0.3 is 9.47 Å². The van der Waals surface area contributed by atoms with Gasteiger partial charge >= 0.3 is 0 Å². The Morgan fingerprint density at radius 3 is 2.59 bits per heavy atom. The predicted octanol–water partition coefficient (Wildman–Crippen LogP) is 4.98. The molecule has 1 aromatic heterocycles. The van der Waals surface area contributed by atoms with Gasteiger partial charge in [0.1, 0.15) is 0 Å². The van der Waals surface area contributed by atoms with Gasteiger partial charge in [0, 0.05) is 19.2 Å². The van der Waals surface area contributed by atoms with Crippen molar-refractivity contribution in [3.63, 3.8) is 0 Å². The van der Waals surface area contributed by atoms with Crippen molar-refractivity contribution in [2.45, 2.75) is 44.9 Å². The van der Waals surface area contributed by atoms with Gasteiger partial charge in [0.2, 0.25) is 5.91 Å². The van der Waals surface area contributed by atoms with Crippen LogP contribution < -0.4 is 0 Å². The minimum atomic E-state index is 0.0284. The fourth-order valence-corrected chi connectivity index (χ4v) is 4.11. The van der Waals surface area contributed by atoms with Crippen molar-refractivity contribution in [1.29, 1.82) is 0 Å². The lowest BCUT2D eigenvalue weighted by molar-refractivity contribution is -0.128. The number of aromatic nitrogens is 3. The molecule has 0 aliphatic carbocycles. The zero-order valence-corrected chi connectivity index (χ0v) is 18.3. The van der Waals surface area contributed by atoms with E-state index in [4.69, 9.17) is 0 Å². The van der Waals surface area contributed by atoms with Crippen LogP contribution in [-0.4, -0.2) is 38.4 Å². The number of carbonyl (C=O) groups excluding carboxylic acids is 1.